The second-order valence-corrected chi connectivity index (χ2v) is 6.01. The smallest absolute Gasteiger partial charge is 0.265 e. The fourth-order valence-corrected chi connectivity index (χ4v) is 2.86. The first-order chi connectivity index (χ1) is 12.5. The van der Waals surface area contributed by atoms with E-state index in [1.54, 1.807) is 42.5 Å². The molecule has 0 saturated carbocycles. The highest BCUT2D eigenvalue weighted by Gasteiger charge is 2.32. The molecule has 0 aromatic heterocycles. The number of carbonyl (C=O) groups is 2. The van der Waals surface area contributed by atoms with Crippen LogP contribution in [0, 0.1) is 5.82 Å². The van der Waals surface area contributed by atoms with Gasteiger partial charge in [-0.15, -0.1) is 6.58 Å². The highest BCUT2D eigenvalue weighted by molar-refractivity contribution is 7.80. The van der Waals surface area contributed by atoms with Gasteiger partial charge in [0, 0.05) is 12.1 Å². The Labute approximate surface area is 155 Å². The van der Waals surface area contributed by atoms with Gasteiger partial charge in [-0.2, -0.15) is 0 Å². The molecule has 4 nitrogen and oxygen atoms in total. The molecule has 0 unspecified atom stereocenters. The molecule has 0 atom stereocenters. The van der Waals surface area contributed by atoms with Gasteiger partial charge in [0.2, 0.25) is 0 Å². The lowest BCUT2D eigenvalue weighted by molar-refractivity contribution is -0.128. The van der Waals surface area contributed by atoms with Crippen molar-refractivity contribution >= 4 is 35.2 Å². The molecule has 130 valence electrons. The Balaban J connectivity index is 1.90. The molecule has 26 heavy (non-hydrogen) atoms. The summed E-state index contributed by atoms with van der Waals surface area (Å²) in [5.41, 5.74) is 1.83. The molecule has 0 radical (unpaired) electrons. The van der Waals surface area contributed by atoms with Crippen molar-refractivity contribution in [2.75, 3.05) is 6.54 Å². The van der Waals surface area contributed by atoms with Crippen LogP contribution in [-0.2, 0) is 9.59 Å². The van der Waals surface area contributed by atoms with E-state index in [0.29, 0.717) is 16.7 Å². The van der Waals surface area contributed by atoms with Crippen LogP contribution in [0.5, 0.6) is 0 Å². The fourth-order valence-electron chi connectivity index (χ4n) is 2.61. The molecule has 1 fully saturated rings. The minimum Gasteiger partial charge on any atom is -0.298 e. The van der Waals surface area contributed by atoms with Gasteiger partial charge in [0.15, 0.2) is 5.11 Å². The molecule has 0 aliphatic carbocycles. The van der Waals surface area contributed by atoms with E-state index in [0.717, 1.165) is 0 Å². The van der Waals surface area contributed by atoms with Gasteiger partial charge in [0.25, 0.3) is 11.8 Å². The molecule has 1 aliphatic heterocycles. The minimum absolute atomic E-state index is 0.0147. The zero-order valence-electron chi connectivity index (χ0n) is 13.7. The Bertz CT molecular complexity index is 935. The van der Waals surface area contributed by atoms with Crippen LogP contribution in [0.3, 0.4) is 0 Å². The molecular weight excluding hydrogens is 351 g/mol. The maximum atomic E-state index is 13.9. The van der Waals surface area contributed by atoms with E-state index >= 15 is 0 Å². The van der Waals surface area contributed by atoms with Crippen LogP contribution in [-0.4, -0.2) is 28.4 Å². The molecule has 2 amide bonds. The predicted molar refractivity (Wildman–Crippen MR) is 102 cm³/mol. The highest BCUT2D eigenvalue weighted by atomic mass is 32.1. The zero-order valence-corrected chi connectivity index (χ0v) is 14.6. The third-order valence-electron chi connectivity index (χ3n) is 3.90. The summed E-state index contributed by atoms with van der Waals surface area (Å²) in [4.78, 5) is 25.9. The predicted octanol–water partition coefficient (Wildman–Crippen LogP) is 3.31. The number of hydrogen-bond donors (Lipinski definition) is 1. The van der Waals surface area contributed by atoms with Crippen LogP contribution < -0.4 is 5.32 Å². The topological polar surface area (TPSA) is 49.4 Å². The van der Waals surface area contributed by atoms with Gasteiger partial charge < -0.3 is 0 Å². The van der Waals surface area contributed by atoms with Gasteiger partial charge in [-0.3, -0.25) is 19.8 Å². The van der Waals surface area contributed by atoms with Crippen LogP contribution >= 0.6 is 12.2 Å². The quantitative estimate of drug-likeness (QED) is 0.391. The number of benzene rings is 2. The monoisotopic (exact) mass is 366 g/mol. The van der Waals surface area contributed by atoms with Gasteiger partial charge in [0.05, 0.1) is 0 Å². The SMILES string of the molecule is C=CCN1C(=O)/C(=C/c2ccc(-c3ccccc3F)cc2)C(=O)NC1=S. The van der Waals surface area contributed by atoms with Crippen molar-refractivity contribution < 1.29 is 14.0 Å². The largest absolute Gasteiger partial charge is 0.298 e. The minimum atomic E-state index is -0.543. The first-order valence-electron chi connectivity index (χ1n) is 7.86. The maximum absolute atomic E-state index is 13.9. The Morgan fingerprint density at radius 2 is 1.81 bits per heavy atom. The number of nitrogens with one attached hydrogen (secondary N) is 1. The van der Waals surface area contributed by atoms with Crippen LogP contribution in [0.15, 0.2) is 66.8 Å². The average molecular weight is 366 g/mol. The lowest BCUT2D eigenvalue weighted by Crippen LogP contribution is -2.53. The standard InChI is InChI=1S/C20H15FN2O2S/c1-2-11-23-19(25)16(18(24)22-20(23)26)12-13-7-9-14(10-8-13)15-5-3-4-6-17(15)21/h2-10,12H,1,11H2,(H,22,24,26)/b16-12+. The Hall–Kier alpha value is -3.12. The van der Waals surface area contributed by atoms with E-state index in [9.17, 15) is 14.0 Å². The van der Waals surface area contributed by atoms with E-state index in [2.05, 4.69) is 11.9 Å². The summed E-state index contributed by atoms with van der Waals surface area (Å²) < 4.78 is 13.9. The summed E-state index contributed by atoms with van der Waals surface area (Å²) in [6.45, 7) is 3.79. The normalized spacial score (nSPS) is 16.0. The van der Waals surface area contributed by atoms with Crippen molar-refractivity contribution in [3.8, 4) is 11.1 Å². The van der Waals surface area contributed by atoms with Gasteiger partial charge in [-0.25, -0.2) is 4.39 Å². The van der Waals surface area contributed by atoms with Crippen molar-refractivity contribution in [1.82, 2.24) is 10.2 Å². The lowest BCUT2D eigenvalue weighted by Gasteiger charge is -2.27. The molecule has 0 spiro atoms. The molecular formula is C20H15FN2O2S. The first kappa shape index (κ1) is 17.7. The third kappa shape index (κ3) is 3.45. The Morgan fingerprint density at radius 3 is 2.46 bits per heavy atom. The van der Waals surface area contributed by atoms with Gasteiger partial charge >= 0.3 is 0 Å². The van der Waals surface area contributed by atoms with E-state index in [1.165, 1.54) is 23.1 Å². The first-order valence-corrected chi connectivity index (χ1v) is 8.27. The molecule has 1 heterocycles. The zero-order chi connectivity index (χ0) is 18.7. The van der Waals surface area contributed by atoms with E-state index < -0.39 is 11.8 Å². The summed E-state index contributed by atoms with van der Waals surface area (Å²) in [5.74, 6) is -1.33. The second-order valence-electron chi connectivity index (χ2n) is 5.62. The average Bonchev–Trinajstić information content (AvgIpc) is 2.63. The molecule has 6 heteroatoms. The summed E-state index contributed by atoms with van der Waals surface area (Å²) >= 11 is 5.01. The molecule has 2 aromatic rings. The lowest BCUT2D eigenvalue weighted by atomic mass is 10.0. The van der Waals surface area contributed by atoms with Gasteiger partial charge in [0.1, 0.15) is 11.4 Å². The number of nitrogens with zero attached hydrogens (tertiary/aromatic N) is 1. The van der Waals surface area contributed by atoms with Crippen molar-refractivity contribution in [3.63, 3.8) is 0 Å². The maximum Gasteiger partial charge on any atom is 0.265 e. The second kappa shape index (κ2) is 7.41. The molecule has 3 rings (SSSR count). The third-order valence-corrected chi connectivity index (χ3v) is 4.23. The number of carbonyl (C=O) groups excluding carboxylic acids is 2. The van der Waals surface area contributed by atoms with E-state index in [1.807, 2.05) is 0 Å². The molecule has 2 aromatic carbocycles. The number of amides is 2. The summed E-state index contributed by atoms with van der Waals surface area (Å²) in [6, 6.07) is 13.4. The van der Waals surface area contributed by atoms with Crippen molar-refractivity contribution in [3.05, 3.63) is 78.1 Å². The van der Waals surface area contributed by atoms with Crippen molar-refractivity contribution in [2.45, 2.75) is 0 Å². The van der Waals surface area contributed by atoms with Crippen LogP contribution in [0.2, 0.25) is 0 Å². The number of hydrogen-bond acceptors (Lipinski definition) is 3. The van der Waals surface area contributed by atoms with Crippen LogP contribution in [0.4, 0.5) is 4.39 Å². The number of halogens is 1. The molecule has 1 aliphatic rings. The summed E-state index contributed by atoms with van der Waals surface area (Å²) in [6.07, 6.45) is 3.02. The number of thiocarbonyl (C=S) groups is 1. The Morgan fingerprint density at radius 1 is 1.12 bits per heavy atom. The molecule has 1 saturated heterocycles. The summed E-state index contributed by atoms with van der Waals surface area (Å²) in [7, 11) is 0. The van der Waals surface area contributed by atoms with Crippen LogP contribution in [0.1, 0.15) is 5.56 Å². The Kier molecular flexibility index (Phi) is 5.04. The van der Waals surface area contributed by atoms with E-state index in [-0.39, 0.29) is 23.0 Å². The van der Waals surface area contributed by atoms with Crippen LogP contribution in [0.25, 0.3) is 17.2 Å². The van der Waals surface area contributed by atoms with Gasteiger partial charge in [-0.05, 0) is 35.5 Å². The van der Waals surface area contributed by atoms with Crippen molar-refractivity contribution in [1.29, 1.82) is 0 Å². The summed E-state index contributed by atoms with van der Waals surface area (Å²) in [5, 5.41) is 2.55. The molecule has 1 N–H and O–H groups in total. The number of rotatable bonds is 4. The highest BCUT2D eigenvalue weighted by Crippen LogP contribution is 2.24. The van der Waals surface area contributed by atoms with Crippen molar-refractivity contribution in [2.24, 2.45) is 0 Å². The molecule has 0 bridgehead atoms. The fraction of sp³-hybridized carbons (Fsp3) is 0.0500. The van der Waals surface area contributed by atoms with Gasteiger partial charge in [-0.1, -0.05) is 48.5 Å². The van der Waals surface area contributed by atoms with E-state index in [4.69, 9.17) is 12.2 Å².